The summed E-state index contributed by atoms with van der Waals surface area (Å²) in [6, 6.07) is 32.2. The van der Waals surface area contributed by atoms with Crippen LogP contribution in [0.15, 0.2) is 137 Å². The molecule has 4 atom stereocenters. The van der Waals surface area contributed by atoms with E-state index in [1.807, 2.05) is 6.92 Å². The lowest BCUT2D eigenvalue weighted by molar-refractivity contribution is -0.0605. The Morgan fingerprint density at radius 1 is 0.679 bits per heavy atom. The molecule has 284 valence electrons. The van der Waals surface area contributed by atoms with Gasteiger partial charge in [-0.3, -0.25) is 18.7 Å². The van der Waals surface area contributed by atoms with Crippen molar-refractivity contribution in [2.45, 2.75) is 50.8 Å². The fourth-order valence-electron chi connectivity index (χ4n) is 6.44. The van der Waals surface area contributed by atoms with Crippen LogP contribution < -0.4 is 11.2 Å². The monoisotopic (exact) mass is 756 g/mol. The molecule has 7 rings (SSSR count). The van der Waals surface area contributed by atoms with Gasteiger partial charge in [0.05, 0.1) is 16.7 Å². The van der Waals surface area contributed by atoms with Gasteiger partial charge >= 0.3 is 23.6 Å². The van der Waals surface area contributed by atoms with E-state index in [9.17, 15) is 28.8 Å². The van der Waals surface area contributed by atoms with Gasteiger partial charge in [-0.1, -0.05) is 86.1 Å². The molecule has 2 aromatic heterocycles. The number of ether oxygens (including phenoxy) is 4. The first kappa shape index (κ1) is 37.4. The van der Waals surface area contributed by atoms with Gasteiger partial charge in [0.25, 0.3) is 11.5 Å². The molecule has 4 aromatic carbocycles. The molecule has 0 spiro atoms. The van der Waals surface area contributed by atoms with E-state index < -0.39 is 66.2 Å². The van der Waals surface area contributed by atoms with E-state index >= 15 is 0 Å². The van der Waals surface area contributed by atoms with Crippen molar-refractivity contribution in [2.75, 3.05) is 6.61 Å². The van der Waals surface area contributed by atoms with Crippen LogP contribution in [0.2, 0.25) is 0 Å². The number of nitrogens with zero attached hydrogens (tertiary/aromatic N) is 4. The first-order valence-electron chi connectivity index (χ1n) is 18.0. The van der Waals surface area contributed by atoms with Gasteiger partial charge in [-0.25, -0.2) is 24.2 Å². The lowest BCUT2D eigenvalue weighted by Gasteiger charge is -2.25. The van der Waals surface area contributed by atoms with Gasteiger partial charge in [-0.2, -0.15) is 4.57 Å². The van der Waals surface area contributed by atoms with Gasteiger partial charge in [0.1, 0.15) is 19.0 Å². The highest BCUT2D eigenvalue weighted by Gasteiger charge is 2.52. The van der Waals surface area contributed by atoms with Crippen LogP contribution in [0.4, 0.5) is 0 Å². The molecule has 1 aliphatic rings. The van der Waals surface area contributed by atoms with Crippen LogP contribution in [-0.4, -0.2) is 67.4 Å². The number of aromatic nitrogens is 4. The average Bonchev–Trinajstić information content (AvgIpc) is 3.82. The number of carbonyl (C=O) groups is 4. The van der Waals surface area contributed by atoms with Crippen molar-refractivity contribution in [1.82, 2.24) is 18.7 Å². The molecule has 1 saturated heterocycles. The molecule has 6 aromatic rings. The number of fused-ring (bicyclic) bond motifs is 1. The number of aryl methyl sites for hydroxylation is 1. The summed E-state index contributed by atoms with van der Waals surface area (Å²) in [5.74, 6) is -3.16. The van der Waals surface area contributed by atoms with Crippen molar-refractivity contribution >= 4 is 35.0 Å². The van der Waals surface area contributed by atoms with Crippen LogP contribution in [0.1, 0.15) is 67.4 Å². The van der Waals surface area contributed by atoms with Gasteiger partial charge in [-0.15, -0.1) is 0 Å². The van der Waals surface area contributed by atoms with Crippen LogP contribution in [0.3, 0.4) is 0 Å². The van der Waals surface area contributed by atoms with Gasteiger partial charge in [0, 0.05) is 12.1 Å². The quantitative estimate of drug-likeness (QED) is 0.121. The predicted octanol–water partition coefficient (Wildman–Crippen LogP) is 5.05. The summed E-state index contributed by atoms with van der Waals surface area (Å²) in [6.45, 7) is 1.57. The number of imidazole rings is 1. The van der Waals surface area contributed by atoms with E-state index in [2.05, 4.69) is 4.98 Å². The number of rotatable bonds is 12. The molecule has 56 heavy (non-hydrogen) atoms. The number of benzene rings is 4. The fraction of sp³-hybridized carbons (Fsp3) is 0.214. The summed E-state index contributed by atoms with van der Waals surface area (Å²) in [5, 5.41) is 0. The average molecular weight is 757 g/mol. The van der Waals surface area contributed by atoms with Crippen molar-refractivity contribution in [3.05, 3.63) is 171 Å². The predicted molar refractivity (Wildman–Crippen MR) is 201 cm³/mol. The Morgan fingerprint density at radius 3 is 1.71 bits per heavy atom. The van der Waals surface area contributed by atoms with Gasteiger partial charge in [-0.05, 0) is 55.0 Å². The molecule has 14 nitrogen and oxygen atoms in total. The first-order chi connectivity index (χ1) is 27.3. The van der Waals surface area contributed by atoms with Gasteiger partial charge in [0.15, 0.2) is 29.6 Å². The summed E-state index contributed by atoms with van der Waals surface area (Å²) in [4.78, 5) is 87.1. The summed E-state index contributed by atoms with van der Waals surface area (Å²) >= 11 is 0. The summed E-state index contributed by atoms with van der Waals surface area (Å²) in [7, 11) is 0. The summed E-state index contributed by atoms with van der Waals surface area (Å²) in [5.41, 5.74) is -1.45. The van der Waals surface area contributed by atoms with Crippen LogP contribution in [0.25, 0.3) is 11.2 Å². The molecule has 1 fully saturated rings. The van der Waals surface area contributed by atoms with Crippen molar-refractivity contribution in [1.29, 1.82) is 0 Å². The smallest absolute Gasteiger partial charge is 0.339 e. The SMILES string of the molecule is CCCCn1c(=O)n(C(=O)c2ccccc2)c(=O)c2c1ncn2[C@@H]1O[C@H](COC(=O)c2ccccc2)[C@@H](OC(=O)c2ccccc2)[C@H]1OC(=O)c1ccccc1. The van der Waals surface area contributed by atoms with Crippen LogP contribution in [0.5, 0.6) is 0 Å². The number of esters is 3. The first-order valence-corrected chi connectivity index (χ1v) is 18.0. The molecule has 14 heteroatoms. The Hall–Kier alpha value is -6.93. The Morgan fingerprint density at radius 2 is 1.18 bits per heavy atom. The van der Waals surface area contributed by atoms with E-state index in [0.717, 1.165) is 0 Å². The Kier molecular flexibility index (Phi) is 11.1. The molecule has 0 aliphatic carbocycles. The molecule has 0 saturated carbocycles. The largest absolute Gasteiger partial charge is 0.459 e. The third-order valence-corrected chi connectivity index (χ3v) is 9.27. The van der Waals surface area contributed by atoms with Gasteiger partial charge in [0.2, 0.25) is 0 Å². The van der Waals surface area contributed by atoms with E-state index in [0.29, 0.717) is 17.4 Å². The molecular formula is C42H36N4O10. The zero-order chi connectivity index (χ0) is 39.2. The molecule has 1 aliphatic heterocycles. The van der Waals surface area contributed by atoms with Crippen LogP contribution in [-0.2, 0) is 25.5 Å². The molecule has 0 unspecified atom stereocenters. The van der Waals surface area contributed by atoms with E-state index in [4.69, 9.17) is 18.9 Å². The normalized spacial score (nSPS) is 17.7. The number of unbranched alkanes of at least 4 members (excludes halogenated alkanes) is 1. The fourth-order valence-corrected chi connectivity index (χ4v) is 6.44. The molecule has 0 N–H and O–H groups in total. The third kappa shape index (κ3) is 7.54. The van der Waals surface area contributed by atoms with Crippen molar-refractivity contribution < 1.29 is 38.1 Å². The van der Waals surface area contributed by atoms with Gasteiger partial charge < -0.3 is 18.9 Å². The lowest BCUT2D eigenvalue weighted by Crippen LogP contribution is -2.45. The standard InChI is InChI=1S/C42H36N4O10/c1-2-3-24-44-35-32(37(48)46(42(44)52)36(47)27-16-8-4-9-17-27)45(26-43-35)38-34(56-41(51)30-22-14-7-15-23-30)33(55-40(50)29-20-12-6-13-21-29)31(54-38)25-53-39(49)28-18-10-5-11-19-28/h4-23,26,31,33-34,38H,2-3,24-25H2,1H3/t31-,33-,34-,38-/m1/s1. The number of carbonyl (C=O) groups excluding carboxylic acids is 4. The van der Waals surface area contributed by atoms with E-state index in [1.54, 1.807) is 84.9 Å². The van der Waals surface area contributed by atoms with Crippen molar-refractivity contribution in [2.24, 2.45) is 0 Å². The maximum atomic E-state index is 14.4. The number of hydrogen-bond donors (Lipinski definition) is 0. The second-order valence-electron chi connectivity index (χ2n) is 12.9. The second kappa shape index (κ2) is 16.6. The zero-order valence-electron chi connectivity index (χ0n) is 30.1. The highest BCUT2D eigenvalue weighted by Crippen LogP contribution is 2.36. The molecule has 0 amide bonds. The third-order valence-electron chi connectivity index (χ3n) is 9.27. The topological polar surface area (TPSA) is 167 Å². The Labute approximate surface area is 319 Å². The highest BCUT2D eigenvalue weighted by molar-refractivity contribution is 5.96. The summed E-state index contributed by atoms with van der Waals surface area (Å²) < 4.78 is 27.2. The van der Waals surface area contributed by atoms with E-state index in [1.165, 1.54) is 51.9 Å². The zero-order valence-corrected chi connectivity index (χ0v) is 30.1. The Balaban J connectivity index is 1.37. The summed E-state index contributed by atoms with van der Waals surface area (Å²) in [6.07, 6.45) is -3.18. The molecule has 0 radical (unpaired) electrons. The number of hydrogen-bond acceptors (Lipinski definition) is 11. The lowest BCUT2D eigenvalue weighted by atomic mass is 10.1. The van der Waals surface area contributed by atoms with E-state index in [-0.39, 0.29) is 40.0 Å². The van der Waals surface area contributed by atoms with Crippen molar-refractivity contribution in [3.63, 3.8) is 0 Å². The van der Waals surface area contributed by atoms with Crippen LogP contribution in [0, 0.1) is 0 Å². The molecular weight excluding hydrogens is 720 g/mol. The minimum Gasteiger partial charge on any atom is -0.459 e. The minimum absolute atomic E-state index is 0.0425. The van der Waals surface area contributed by atoms with Crippen LogP contribution >= 0.6 is 0 Å². The Bertz CT molecular complexity index is 2480. The highest BCUT2D eigenvalue weighted by atomic mass is 16.7. The maximum Gasteiger partial charge on any atom is 0.339 e. The maximum absolute atomic E-state index is 14.4. The molecule has 3 heterocycles. The second-order valence-corrected chi connectivity index (χ2v) is 12.9. The van der Waals surface area contributed by atoms with Crippen molar-refractivity contribution in [3.8, 4) is 0 Å². The molecule has 0 bridgehead atoms. The minimum atomic E-state index is -1.48.